The molecule has 0 bridgehead atoms. The van der Waals surface area contributed by atoms with Crippen molar-refractivity contribution in [2.45, 2.75) is 57.5 Å². The average Bonchev–Trinajstić information content (AvgIpc) is 2.92. The van der Waals surface area contributed by atoms with Crippen molar-refractivity contribution in [2.24, 2.45) is 11.7 Å². The van der Waals surface area contributed by atoms with Crippen LogP contribution < -0.4 is 11.1 Å². The van der Waals surface area contributed by atoms with Crippen LogP contribution in [0.5, 0.6) is 0 Å². The number of nitrogens with zero attached hydrogens (tertiary/aromatic N) is 1. The highest BCUT2D eigenvalue weighted by atomic mass is 16.2. The molecular formula is C14H25N3O2. The van der Waals surface area contributed by atoms with Gasteiger partial charge in [-0.25, -0.2) is 0 Å². The van der Waals surface area contributed by atoms with Crippen molar-refractivity contribution in [3.63, 3.8) is 0 Å². The Morgan fingerprint density at radius 2 is 1.74 bits per heavy atom. The Kier molecular flexibility index (Phi) is 4.80. The van der Waals surface area contributed by atoms with Gasteiger partial charge in [0.2, 0.25) is 11.8 Å². The zero-order valence-electron chi connectivity index (χ0n) is 11.7. The first-order chi connectivity index (χ1) is 9.08. The van der Waals surface area contributed by atoms with E-state index in [1.807, 2.05) is 4.90 Å². The summed E-state index contributed by atoms with van der Waals surface area (Å²) >= 11 is 0. The fraction of sp³-hybridized carbons (Fsp3) is 0.857. The Labute approximate surface area is 114 Å². The summed E-state index contributed by atoms with van der Waals surface area (Å²) in [6, 6.07) is -0.158. The highest BCUT2D eigenvalue weighted by Gasteiger charge is 2.29. The minimum absolute atomic E-state index is 0.0203. The molecule has 1 aliphatic carbocycles. The van der Waals surface area contributed by atoms with E-state index in [1.165, 1.54) is 0 Å². The van der Waals surface area contributed by atoms with Gasteiger partial charge in [-0.1, -0.05) is 0 Å². The lowest BCUT2D eigenvalue weighted by atomic mass is 9.86. The van der Waals surface area contributed by atoms with Crippen LogP contribution in [-0.4, -0.2) is 41.9 Å². The maximum atomic E-state index is 12.1. The number of likely N-dealkylation sites (tertiary alicyclic amines) is 1. The lowest BCUT2D eigenvalue weighted by Crippen LogP contribution is -2.48. The van der Waals surface area contributed by atoms with Gasteiger partial charge in [0, 0.05) is 25.0 Å². The summed E-state index contributed by atoms with van der Waals surface area (Å²) in [5.41, 5.74) is 5.84. The monoisotopic (exact) mass is 267 g/mol. The van der Waals surface area contributed by atoms with Gasteiger partial charge in [-0.3, -0.25) is 9.59 Å². The molecule has 1 saturated heterocycles. The molecule has 1 heterocycles. The summed E-state index contributed by atoms with van der Waals surface area (Å²) in [5, 5.41) is 2.87. The van der Waals surface area contributed by atoms with E-state index in [0.717, 1.165) is 51.6 Å². The minimum Gasteiger partial charge on any atom is -0.344 e. The van der Waals surface area contributed by atoms with Crippen molar-refractivity contribution < 1.29 is 9.59 Å². The SMILES string of the molecule is CC(NC(=O)C1CCC(N)CC1)C(=O)N1CCCC1. The summed E-state index contributed by atoms with van der Waals surface area (Å²) < 4.78 is 0. The first kappa shape index (κ1) is 14.3. The molecule has 0 aromatic carbocycles. The van der Waals surface area contributed by atoms with Crippen molar-refractivity contribution in [3.05, 3.63) is 0 Å². The molecule has 2 fully saturated rings. The fourth-order valence-corrected chi connectivity index (χ4v) is 2.99. The van der Waals surface area contributed by atoms with Gasteiger partial charge < -0.3 is 16.0 Å². The Bertz CT molecular complexity index is 332. The van der Waals surface area contributed by atoms with Gasteiger partial charge >= 0.3 is 0 Å². The molecule has 0 aromatic rings. The third kappa shape index (κ3) is 3.69. The highest BCUT2D eigenvalue weighted by Crippen LogP contribution is 2.23. The molecule has 5 heteroatoms. The Hall–Kier alpha value is -1.10. The molecule has 1 saturated carbocycles. The van der Waals surface area contributed by atoms with Crippen molar-refractivity contribution in [1.82, 2.24) is 10.2 Å². The quantitative estimate of drug-likeness (QED) is 0.787. The Balaban J connectivity index is 1.79. The molecule has 19 heavy (non-hydrogen) atoms. The predicted molar refractivity (Wildman–Crippen MR) is 73.4 cm³/mol. The van der Waals surface area contributed by atoms with Gasteiger partial charge in [-0.15, -0.1) is 0 Å². The van der Waals surface area contributed by atoms with Crippen LogP contribution in [0.25, 0.3) is 0 Å². The molecule has 0 radical (unpaired) electrons. The Morgan fingerprint density at radius 3 is 2.32 bits per heavy atom. The van der Waals surface area contributed by atoms with Crippen LogP contribution >= 0.6 is 0 Å². The van der Waals surface area contributed by atoms with E-state index in [1.54, 1.807) is 6.92 Å². The zero-order valence-corrected chi connectivity index (χ0v) is 11.7. The number of rotatable bonds is 3. The van der Waals surface area contributed by atoms with Gasteiger partial charge in [0.25, 0.3) is 0 Å². The van der Waals surface area contributed by atoms with E-state index in [2.05, 4.69) is 5.32 Å². The number of hydrogen-bond donors (Lipinski definition) is 2. The molecule has 3 N–H and O–H groups in total. The number of nitrogens with two attached hydrogens (primary N) is 1. The lowest BCUT2D eigenvalue weighted by molar-refractivity contribution is -0.136. The van der Waals surface area contributed by atoms with Gasteiger partial charge in [0.05, 0.1) is 0 Å². The van der Waals surface area contributed by atoms with Crippen LogP contribution in [0, 0.1) is 5.92 Å². The topological polar surface area (TPSA) is 75.4 Å². The van der Waals surface area contributed by atoms with Crippen LogP contribution in [0.2, 0.25) is 0 Å². The van der Waals surface area contributed by atoms with Gasteiger partial charge in [-0.2, -0.15) is 0 Å². The molecule has 1 unspecified atom stereocenters. The molecule has 108 valence electrons. The van der Waals surface area contributed by atoms with Crippen LogP contribution in [0.3, 0.4) is 0 Å². The first-order valence-corrected chi connectivity index (χ1v) is 7.42. The van der Waals surface area contributed by atoms with Gasteiger partial charge in [0.1, 0.15) is 6.04 Å². The molecule has 2 aliphatic rings. The summed E-state index contributed by atoms with van der Waals surface area (Å²) in [6.07, 6.45) is 5.66. The van der Waals surface area contributed by atoms with E-state index >= 15 is 0 Å². The second-order valence-electron chi connectivity index (χ2n) is 5.87. The van der Waals surface area contributed by atoms with E-state index in [4.69, 9.17) is 5.73 Å². The summed E-state index contributed by atoms with van der Waals surface area (Å²) in [4.78, 5) is 26.1. The third-order valence-electron chi connectivity index (χ3n) is 4.29. The highest BCUT2D eigenvalue weighted by molar-refractivity contribution is 5.88. The zero-order chi connectivity index (χ0) is 13.8. The van der Waals surface area contributed by atoms with Crippen molar-refractivity contribution in [2.75, 3.05) is 13.1 Å². The van der Waals surface area contributed by atoms with Gasteiger partial charge in [-0.05, 0) is 45.4 Å². The van der Waals surface area contributed by atoms with Gasteiger partial charge in [0.15, 0.2) is 0 Å². The largest absolute Gasteiger partial charge is 0.344 e. The van der Waals surface area contributed by atoms with E-state index in [0.29, 0.717) is 0 Å². The van der Waals surface area contributed by atoms with Crippen LogP contribution in [-0.2, 0) is 9.59 Å². The second-order valence-corrected chi connectivity index (χ2v) is 5.87. The molecular weight excluding hydrogens is 242 g/mol. The van der Waals surface area contributed by atoms with E-state index in [-0.39, 0.29) is 23.8 Å². The lowest BCUT2D eigenvalue weighted by Gasteiger charge is -2.27. The molecule has 1 atom stereocenters. The third-order valence-corrected chi connectivity index (χ3v) is 4.29. The summed E-state index contributed by atoms with van der Waals surface area (Å²) in [6.45, 7) is 3.45. The Morgan fingerprint density at radius 1 is 1.16 bits per heavy atom. The maximum absolute atomic E-state index is 12.1. The average molecular weight is 267 g/mol. The molecule has 2 rings (SSSR count). The molecule has 0 aromatic heterocycles. The number of carbonyl (C=O) groups is 2. The number of hydrogen-bond acceptors (Lipinski definition) is 3. The fourth-order valence-electron chi connectivity index (χ4n) is 2.99. The summed E-state index contributed by atoms with van der Waals surface area (Å²) in [7, 11) is 0. The standard InChI is InChI=1S/C14H25N3O2/c1-10(14(19)17-8-2-3-9-17)16-13(18)11-4-6-12(15)7-5-11/h10-12H,2-9,15H2,1H3,(H,16,18). The maximum Gasteiger partial charge on any atom is 0.244 e. The summed E-state index contributed by atoms with van der Waals surface area (Å²) in [5.74, 6) is 0.110. The van der Waals surface area contributed by atoms with Crippen LogP contribution in [0.1, 0.15) is 45.4 Å². The molecule has 5 nitrogen and oxygen atoms in total. The van der Waals surface area contributed by atoms with E-state index in [9.17, 15) is 9.59 Å². The first-order valence-electron chi connectivity index (χ1n) is 7.42. The smallest absolute Gasteiger partial charge is 0.244 e. The number of amides is 2. The van der Waals surface area contributed by atoms with Crippen LogP contribution in [0.15, 0.2) is 0 Å². The van der Waals surface area contributed by atoms with Crippen molar-refractivity contribution >= 4 is 11.8 Å². The number of nitrogens with one attached hydrogen (secondary N) is 1. The van der Waals surface area contributed by atoms with E-state index < -0.39 is 6.04 Å². The number of carbonyl (C=O) groups excluding carboxylic acids is 2. The molecule has 2 amide bonds. The molecule has 0 spiro atoms. The molecule has 1 aliphatic heterocycles. The normalized spacial score (nSPS) is 29.1. The van der Waals surface area contributed by atoms with Crippen LogP contribution in [0.4, 0.5) is 0 Å². The minimum atomic E-state index is -0.402. The van der Waals surface area contributed by atoms with Crippen molar-refractivity contribution in [3.8, 4) is 0 Å². The second kappa shape index (κ2) is 6.37. The predicted octanol–water partition coefficient (Wildman–Crippen LogP) is 0.631. The van der Waals surface area contributed by atoms with Crippen molar-refractivity contribution in [1.29, 1.82) is 0 Å².